The number of carbonyl (C=O) groups is 2. The number of hydrogen-bond donors (Lipinski definition) is 4. The number of hydrogen-bond acceptors (Lipinski definition) is 4. The van der Waals surface area contributed by atoms with E-state index in [1.807, 2.05) is 60.7 Å². The standard InChI is InChI=1S/C22H27NO5/c23-22(15-24,21(27)28)14-18(20(25)26)12-7-13-19(16-8-3-1-4-9-16)17-10-5-2-6-11-17/h1-6,8-11,18-19,24H,7,12-15,23H2,(H,25,26)(H,27,28). The Morgan fingerprint density at radius 2 is 1.39 bits per heavy atom. The molecule has 2 atom stereocenters. The fourth-order valence-corrected chi connectivity index (χ4v) is 3.44. The maximum atomic E-state index is 11.6. The number of aliphatic carboxylic acids is 2. The summed E-state index contributed by atoms with van der Waals surface area (Å²) < 4.78 is 0. The van der Waals surface area contributed by atoms with Gasteiger partial charge in [-0.05, 0) is 30.4 Å². The number of aliphatic hydroxyl groups excluding tert-OH is 1. The van der Waals surface area contributed by atoms with Crippen molar-refractivity contribution in [2.45, 2.75) is 37.1 Å². The zero-order valence-corrected chi connectivity index (χ0v) is 15.7. The highest BCUT2D eigenvalue weighted by Gasteiger charge is 2.38. The molecule has 0 aliphatic heterocycles. The molecule has 2 unspecified atom stereocenters. The van der Waals surface area contributed by atoms with Gasteiger partial charge in [0.15, 0.2) is 0 Å². The average molecular weight is 385 g/mol. The molecule has 28 heavy (non-hydrogen) atoms. The van der Waals surface area contributed by atoms with Gasteiger partial charge in [-0.3, -0.25) is 9.59 Å². The monoisotopic (exact) mass is 385 g/mol. The minimum Gasteiger partial charge on any atom is -0.481 e. The molecule has 2 aromatic carbocycles. The quantitative estimate of drug-likeness (QED) is 0.472. The second kappa shape index (κ2) is 10.0. The first kappa shape index (κ1) is 21.6. The third-order valence-corrected chi connectivity index (χ3v) is 5.12. The molecule has 5 N–H and O–H groups in total. The molecule has 0 aromatic heterocycles. The van der Waals surface area contributed by atoms with Crippen molar-refractivity contribution >= 4 is 11.9 Å². The van der Waals surface area contributed by atoms with Crippen LogP contribution in [0.1, 0.15) is 42.7 Å². The minimum absolute atomic E-state index is 0.122. The van der Waals surface area contributed by atoms with Crippen molar-refractivity contribution in [2.75, 3.05) is 6.61 Å². The number of benzene rings is 2. The summed E-state index contributed by atoms with van der Waals surface area (Å²) in [6, 6.07) is 20.0. The number of carboxylic acids is 2. The highest BCUT2D eigenvalue weighted by Crippen LogP contribution is 2.31. The molecule has 0 saturated heterocycles. The SMILES string of the molecule is NC(CO)(CC(CCCC(c1ccccc1)c1ccccc1)C(=O)O)C(=O)O. The van der Waals surface area contributed by atoms with E-state index in [2.05, 4.69) is 0 Å². The van der Waals surface area contributed by atoms with Gasteiger partial charge in [0.2, 0.25) is 0 Å². The van der Waals surface area contributed by atoms with E-state index in [-0.39, 0.29) is 18.8 Å². The number of nitrogens with two attached hydrogens (primary N) is 1. The normalized spacial score (nSPS) is 14.4. The molecule has 2 rings (SSSR count). The van der Waals surface area contributed by atoms with Crippen LogP contribution in [0.2, 0.25) is 0 Å². The predicted molar refractivity (Wildman–Crippen MR) is 106 cm³/mol. The molecule has 6 nitrogen and oxygen atoms in total. The average Bonchev–Trinajstić information content (AvgIpc) is 2.71. The lowest BCUT2D eigenvalue weighted by Crippen LogP contribution is -2.53. The number of aliphatic hydroxyl groups is 1. The molecule has 0 heterocycles. The lowest BCUT2D eigenvalue weighted by Gasteiger charge is -2.26. The molecule has 150 valence electrons. The largest absolute Gasteiger partial charge is 0.481 e. The van der Waals surface area contributed by atoms with Crippen LogP contribution in [0.3, 0.4) is 0 Å². The molecule has 0 radical (unpaired) electrons. The molecule has 0 amide bonds. The van der Waals surface area contributed by atoms with Crippen molar-refractivity contribution in [1.29, 1.82) is 0 Å². The first-order valence-electron chi connectivity index (χ1n) is 9.33. The maximum absolute atomic E-state index is 11.6. The smallest absolute Gasteiger partial charge is 0.326 e. The van der Waals surface area contributed by atoms with Gasteiger partial charge in [0.1, 0.15) is 5.54 Å². The van der Waals surface area contributed by atoms with Crippen LogP contribution in [-0.2, 0) is 9.59 Å². The van der Waals surface area contributed by atoms with E-state index in [1.165, 1.54) is 0 Å². The lowest BCUT2D eigenvalue weighted by molar-refractivity contribution is -0.148. The Morgan fingerprint density at radius 3 is 1.79 bits per heavy atom. The molecule has 0 aliphatic carbocycles. The van der Waals surface area contributed by atoms with Gasteiger partial charge in [0, 0.05) is 5.92 Å². The second-order valence-electron chi connectivity index (χ2n) is 7.16. The van der Waals surface area contributed by atoms with E-state index >= 15 is 0 Å². The van der Waals surface area contributed by atoms with E-state index in [9.17, 15) is 24.9 Å². The zero-order valence-electron chi connectivity index (χ0n) is 15.7. The van der Waals surface area contributed by atoms with Crippen molar-refractivity contribution in [1.82, 2.24) is 0 Å². The number of carboxylic acid groups (broad SMARTS) is 2. The van der Waals surface area contributed by atoms with Gasteiger partial charge >= 0.3 is 11.9 Å². The molecular weight excluding hydrogens is 358 g/mol. The zero-order chi connectivity index (χ0) is 20.6. The van der Waals surface area contributed by atoms with Crippen molar-refractivity contribution in [2.24, 2.45) is 11.7 Å². The second-order valence-corrected chi connectivity index (χ2v) is 7.16. The third-order valence-electron chi connectivity index (χ3n) is 5.12. The van der Waals surface area contributed by atoms with Crippen LogP contribution in [0.25, 0.3) is 0 Å². The van der Waals surface area contributed by atoms with Gasteiger partial charge in [-0.2, -0.15) is 0 Å². The van der Waals surface area contributed by atoms with Crippen LogP contribution in [0.5, 0.6) is 0 Å². The van der Waals surface area contributed by atoms with E-state index < -0.39 is 30.0 Å². The Bertz CT molecular complexity index is 726. The lowest BCUT2D eigenvalue weighted by atomic mass is 9.83. The minimum atomic E-state index is -1.94. The topological polar surface area (TPSA) is 121 Å². The van der Waals surface area contributed by atoms with Gasteiger partial charge in [-0.1, -0.05) is 67.1 Å². The summed E-state index contributed by atoms with van der Waals surface area (Å²) in [7, 11) is 0. The van der Waals surface area contributed by atoms with Gasteiger partial charge in [0.05, 0.1) is 12.5 Å². The van der Waals surface area contributed by atoms with Crippen LogP contribution < -0.4 is 5.73 Å². The van der Waals surface area contributed by atoms with Gasteiger partial charge in [0.25, 0.3) is 0 Å². The molecular formula is C22H27NO5. The van der Waals surface area contributed by atoms with E-state index in [0.717, 1.165) is 17.5 Å². The Kier molecular flexibility index (Phi) is 7.72. The van der Waals surface area contributed by atoms with Crippen LogP contribution in [0.15, 0.2) is 60.7 Å². The van der Waals surface area contributed by atoms with E-state index in [1.54, 1.807) is 0 Å². The van der Waals surface area contributed by atoms with Crippen molar-refractivity contribution in [3.63, 3.8) is 0 Å². The number of rotatable bonds is 11. The van der Waals surface area contributed by atoms with Gasteiger partial charge in [-0.15, -0.1) is 0 Å². The van der Waals surface area contributed by atoms with Crippen LogP contribution >= 0.6 is 0 Å². The summed E-state index contributed by atoms with van der Waals surface area (Å²) >= 11 is 0. The van der Waals surface area contributed by atoms with E-state index in [4.69, 9.17) is 5.73 Å². The molecule has 2 aromatic rings. The van der Waals surface area contributed by atoms with Crippen LogP contribution in [0, 0.1) is 5.92 Å². The molecule has 0 saturated carbocycles. The van der Waals surface area contributed by atoms with Crippen molar-refractivity contribution in [3.05, 3.63) is 71.8 Å². The fourth-order valence-electron chi connectivity index (χ4n) is 3.44. The Hall–Kier alpha value is -2.70. The predicted octanol–water partition coefficient (Wildman–Crippen LogP) is 2.85. The van der Waals surface area contributed by atoms with Crippen LogP contribution in [-0.4, -0.2) is 39.4 Å². The molecule has 0 aliphatic rings. The first-order chi connectivity index (χ1) is 13.4. The highest BCUT2D eigenvalue weighted by atomic mass is 16.4. The summed E-state index contributed by atoms with van der Waals surface area (Å²) in [4.78, 5) is 22.9. The molecule has 6 heteroatoms. The molecule has 0 fully saturated rings. The summed E-state index contributed by atoms with van der Waals surface area (Å²) in [6.45, 7) is -0.803. The Labute approximate surface area is 164 Å². The highest BCUT2D eigenvalue weighted by molar-refractivity contribution is 5.80. The summed E-state index contributed by atoms with van der Waals surface area (Å²) in [5.41, 5.74) is 6.03. The summed E-state index contributed by atoms with van der Waals surface area (Å²) in [5.74, 6) is -3.30. The van der Waals surface area contributed by atoms with E-state index in [0.29, 0.717) is 6.42 Å². The third kappa shape index (κ3) is 5.65. The van der Waals surface area contributed by atoms with Gasteiger partial charge in [-0.25, -0.2) is 0 Å². The maximum Gasteiger partial charge on any atom is 0.326 e. The molecule has 0 bridgehead atoms. The van der Waals surface area contributed by atoms with Gasteiger partial charge < -0.3 is 21.1 Å². The molecule has 0 spiro atoms. The first-order valence-corrected chi connectivity index (χ1v) is 9.33. The van der Waals surface area contributed by atoms with Crippen molar-refractivity contribution in [3.8, 4) is 0 Å². The van der Waals surface area contributed by atoms with Crippen LogP contribution in [0.4, 0.5) is 0 Å². The Morgan fingerprint density at radius 1 is 0.893 bits per heavy atom. The Balaban J connectivity index is 2.09. The van der Waals surface area contributed by atoms with Crippen molar-refractivity contribution < 1.29 is 24.9 Å². The fraction of sp³-hybridized carbons (Fsp3) is 0.364. The summed E-state index contributed by atoms with van der Waals surface area (Å²) in [5, 5.41) is 28.0. The summed E-state index contributed by atoms with van der Waals surface area (Å²) in [6.07, 6.45) is 1.29.